The lowest BCUT2D eigenvalue weighted by atomic mass is 9.96. The molecule has 0 saturated carbocycles. The van der Waals surface area contributed by atoms with Crippen LogP contribution in [0.1, 0.15) is 28.2 Å². The van der Waals surface area contributed by atoms with Gasteiger partial charge < -0.3 is 5.73 Å². The van der Waals surface area contributed by atoms with Crippen LogP contribution >= 0.6 is 0 Å². The van der Waals surface area contributed by atoms with E-state index in [1.54, 1.807) is 20.8 Å². The zero-order chi connectivity index (χ0) is 6.08. The number of hydrogen-bond acceptors (Lipinski definition) is 1. The minimum atomic E-state index is -0.361. The van der Waals surface area contributed by atoms with E-state index in [0.717, 1.165) is 0 Å². The zero-order valence-electron chi connectivity index (χ0n) is 4.99. The van der Waals surface area contributed by atoms with Gasteiger partial charge in [-0.15, -0.1) is 0 Å². The zero-order valence-corrected chi connectivity index (χ0v) is 4.99. The molecule has 0 aromatic heterocycles. The molecule has 0 bridgehead atoms. The van der Waals surface area contributed by atoms with Crippen LogP contribution in [0.25, 0.3) is 0 Å². The van der Waals surface area contributed by atoms with Gasteiger partial charge in [0.05, 0.1) is 0 Å². The molecule has 0 aromatic carbocycles. The van der Waals surface area contributed by atoms with Gasteiger partial charge in [0, 0.05) is 5.41 Å². The third-order valence-electron chi connectivity index (χ3n) is 0.739. The predicted octanol–water partition coefficient (Wildman–Crippen LogP) is 1.15. The molecule has 0 aliphatic rings. The summed E-state index contributed by atoms with van der Waals surface area (Å²) >= 11 is 0. The van der Waals surface area contributed by atoms with Crippen LogP contribution in [0.3, 0.4) is 0 Å². The lowest BCUT2D eigenvalue weighted by Gasteiger charge is -2.10. The van der Waals surface area contributed by atoms with Crippen LogP contribution in [0.4, 0.5) is 0 Å². The molecule has 0 aliphatic carbocycles. The number of hydrogen-bond donors (Lipinski definition) is 1. The Balaban J connectivity index is 0. The van der Waals surface area contributed by atoms with Crippen molar-refractivity contribution in [1.82, 2.24) is 0 Å². The Morgan fingerprint density at radius 1 is 1.38 bits per heavy atom. The molecular weight excluding hydrogens is 102 g/mol. The standard InChI is InChI=1S/C5H11NO.CH4/c1-5(2,3)4(6)7;/h1-3H3,(H2,6,7);1H4. The summed E-state index contributed by atoms with van der Waals surface area (Å²) in [5, 5.41) is 0. The third kappa shape index (κ3) is 3.65. The van der Waals surface area contributed by atoms with Crippen LogP contribution in [0, 0.1) is 5.41 Å². The first-order valence-electron chi connectivity index (χ1n) is 2.24. The molecule has 1 amide bonds. The minimum absolute atomic E-state index is 0. The molecule has 0 atom stereocenters. The van der Waals surface area contributed by atoms with Gasteiger partial charge in [0.25, 0.3) is 0 Å². The summed E-state index contributed by atoms with van der Waals surface area (Å²) in [5.74, 6) is -0.257. The number of carbonyl (C=O) groups excluding carboxylic acids is 1. The Bertz CT molecular complexity index is 81.0. The summed E-state index contributed by atoms with van der Waals surface area (Å²) in [4.78, 5) is 10.2. The van der Waals surface area contributed by atoms with Crippen molar-refractivity contribution in [3.05, 3.63) is 0 Å². The maximum absolute atomic E-state index is 10.2. The van der Waals surface area contributed by atoms with Gasteiger partial charge >= 0.3 is 0 Å². The van der Waals surface area contributed by atoms with E-state index in [9.17, 15) is 4.79 Å². The fourth-order valence-corrected chi connectivity index (χ4v) is 0. The topological polar surface area (TPSA) is 43.1 Å². The van der Waals surface area contributed by atoms with Crippen molar-refractivity contribution in [2.75, 3.05) is 0 Å². The van der Waals surface area contributed by atoms with Crippen molar-refractivity contribution >= 4 is 5.91 Å². The van der Waals surface area contributed by atoms with E-state index in [2.05, 4.69) is 0 Å². The van der Waals surface area contributed by atoms with Gasteiger partial charge in [-0.25, -0.2) is 0 Å². The molecule has 0 rings (SSSR count). The average molecular weight is 117 g/mol. The Kier molecular flexibility index (Phi) is 3.53. The number of rotatable bonds is 0. The first kappa shape index (κ1) is 10.5. The van der Waals surface area contributed by atoms with E-state index in [1.807, 2.05) is 0 Å². The molecular formula is C6H15NO. The van der Waals surface area contributed by atoms with Gasteiger partial charge in [0.2, 0.25) is 5.91 Å². The largest absolute Gasteiger partial charge is 0.369 e. The van der Waals surface area contributed by atoms with Gasteiger partial charge in [0.1, 0.15) is 0 Å². The Morgan fingerprint density at radius 3 is 1.50 bits per heavy atom. The van der Waals surface area contributed by atoms with Gasteiger partial charge in [-0.2, -0.15) is 0 Å². The second-order valence-electron chi connectivity index (χ2n) is 2.61. The van der Waals surface area contributed by atoms with E-state index in [-0.39, 0.29) is 18.7 Å². The maximum atomic E-state index is 10.2. The minimum Gasteiger partial charge on any atom is -0.369 e. The van der Waals surface area contributed by atoms with Crippen LogP contribution in [0.5, 0.6) is 0 Å². The Hall–Kier alpha value is -0.530. The lowest BCUT2D eigenvalue weighted by Crippen LogP contribution is -2.27. The van der Waals surface area contributed by atoms with Gasteiger partial charge in [-0.05, 0) is 0 Å². The summed E-state index contributed by atoms with van der Waals surface area (Å²) in [5.41, 5.74) is 4.57. The van der Waals surface area contributed by atoms with Crippen LogP contribution < -0.4 is 5.73 Å². The van der Waals surface area contributed by atoms with E-state index in [1.165, 1.54) is 0 Å². The molecule has 2 nitrogen and oxygen atoms in total. The summed E-state index contributed by atoms with van der Waals surface area (Å²) in [6.07, 6.45) is 0. The van der Waals surface area contributed by atoms with Gasteiger partial charge in [0.15, 0.2) is 0 Å². The molecule has 8 heavy (non-hydrogen) atoms. The van der Waals surface area contributed by atoms with Crippen molar-refractivity contribution in [3.8, 4) is 0 Å². The molecule has 0 fully saturated rings. The van der Waals surface area contributed by atoms with E-state index in [0.29, 0.717) is 0 Å². The molecule has 0 aromatic rings. The van der Waals surface area contributed by atoms with Crippen LogP contribution in [-0.4, -0.2) is 5.91 Å². The van der Waals surface area contributed by atoms with Gasteiger partial charge in [-0.1, -0.05) is 28.2 Å². The Morgan fingerprint density at radius 2 is 1.50 bits per heavy atom. The number of nitrogens with two attached hydrogens (primary N) is 1. The molecule has 2 heteroatoms. The number of carbonyl (C=O) groups is 1. The predicted molar refractivity (Wildman–Crippen MR) is 35.4 cm³/mol. The molecule has 0 aliphatic heterocycles. The summed E-state index contributed by atoms with van der Waals surface area (Å²) in [6.45, 7) is 5.36. The highest BCUT2D eigenvalue weighted by Gasteiger charge is 2.16. The molecule has 0 saturated heterocycles. The highest BCUT2D eigenvalue weighted by molar-refractivity contribution is 5.79. The second kappa shape index (κ2) is 2.70. The van der Waals surface area contributed by atoms with Crippen molar-refractivity contribution < 1.29 is 4.79 Å². The third-order valence-corrected chi connectivity index (χ3v) is 0.739. The molecule has 2 N–H and O–H groups in total. The first-order valence-corrected chi connectivity index (χ1v) is 2.24. The second-order valence-corrected chi connectivity index (χ2v) is 2.61. The molecule has 50 valence electrons. The van der Waals surface area contributed by atoms with Crippen molar-refractivity contribution in [2.24, 2.45) is 11.1 Å². The lowest BCUT2D eigenvalue weighted by molar-refractivity contribution is -0.125. The average Bonchev–Trinajstić information content (AvgIpc) is 1.31. The maximum Gasteiger partial charge on any atom is 0.222 e. The van der Waals surface area contributed by atoms with Crippen molar-refractivity contribution in [2.45, 2.75) is 28.2 Å². The smallest absolute Gasteiger partial charge is 0.222 e. The van der Waals surface area contributed by atoms with Crippen LogP contribution in [0.15, 0.2) is 0 Å². The van der Waals surface area contributed by atoms with Gasteiger partial charge in [-0.3, -0.25) is 4.79 Å². The Labute approximate surface area is 51.1 Å². The van der Waals surface area contributed by atoms with Crippen molar-refractivity contribution in [1.29, 1.82) is 0 Å². The fraction of sp³-hybridized carbons (Fsp3) is 0.833. The van der Waals surface area contributed by atoms with Crippen LogP contribution in [0.2, 0.25) is 0 Å². The van der Waals surface area contributed by atoms with E-state index < -0.39 is 0 Å². The first-order chi connectivity index (χ1) is 2.94. The summed E-state index contributed by atoms with van der Waals surface area (Å²) in [6, 6.07) is 0. The molecule has 0 spiro atoms. The molecule has 0 radical (unpaired) electrons. The van der Waals surface area contributed by atoms with Crippen molar-refractivity contribution in [3.63, 3.8) is 0 Å². The molecule has 0 unspecified atom stereocenters. The highest BCUT2D eigenvalue weighted by Crippen LogP contribution is 2.09. The number of amides is 1. The van der Waals surface area contributed by atoms with Crippen LogP contribution in [-0.2, 0) is 4.79 Å². The quantitative estimate of drug-likeness (QED) is 0.508. The molecule has 0 heterocycles. The normalized spacial score (nSPS) is 9.88. The number of primary amides is 1. The summed E-state index contributed by atoms with van der Waals surface area (Å²) < 4.78 is 0. The highest BCUT2D eigenvalue weighted by atomic mass is 16.1. The SMILES string of the molecule is C.CC(C)(C)C(N)=O. The van der Waals surface area contributed by atoms with E-state index in [4.69, 9.17) is 5.73 Å². The fourth-order valence-electron chi connectivity index (χ4n) is 0. The monoisotopic (exact) mass is 117 g/mol. The van der Waals surface area contributed by atoms with E-state index >= 15 is 0 Å². The summed E-state index contributed by atoms with van der Waals surface area (Å²) in [7, 11) is 0.